The number of likely N-dealkylation sites (tertiary alicyclic amines) is 1. The molecule has 1 saturated heterocycles. The zero-order valence-electron chi connectivity index (χ0n) is 21.5. The SMILES string of the molecule is CCOC(=O)[C@H]1[C@H]2C(=O)N(CCCCCCO)[C@H](C(=O)Nc3cc(C)ccc3C)[C@H]2C=C[C@H]1CC. The number of anilines is 1. The van der Waals surface area contributed by atoms with E-state index in [9.17, 15) is 14.4 Å². The van der Waals surface area contributed by atoms with Crippen LogP contribution in [0, 0.1) is 37.5 Å². The van der Waals surface area contributed by atoms with Crippen LogP contribution in [0.2, 0.25) is 0 Å². The number of fused-ring (bicyclic) bond motifs is 1. The van der Waals surface area contributed by atoms with E-state index in [-0.39, 0.29) is 42.8 Å². The second kappa shape index (κ2) is 12.3. The Bertz CT molecular complexity index is 943. The largest absolute Gasteiger partial charge is 0.466 e. The summed E-state index contributed by atoms with van der Waals surface area (Å²) in [7, 11) is 0. The van der Waals surface area contributed by atoms with Crippen molar-refractivity contribution in [3.05, 3.63) is 41.5 Å². The Labute approximate surface area is 208 Å². The first kappa shape index (κ1) is 26.9. The molecule has 7 heteroatoms. The molecule has 1 aliphatic carbocycles. The third kappa shape index (κ3) is 5.95. The molecule has 0 saturated carbocycles. The van der Waals surface area contributed by atoms with Crippen molar-refractivity contribution in [2.75, 3.05) is 25.1 Å². The number of nitrogens with one attached hydrogen (secondary N) is 1. The summed E-state index contributed by atoms with van der Waals surface area (Å²) in [4.78, 5) is 42.2. The Hall–Kier alpha value is -2.67. The van der Waals surface area contributed by atoms with Gasteiger partial charge in [0.25, 0.3) is 0 Å². The zero-order valence-corrected chi connectivity index (χ0v) is 21.5. The molecule has 2 N–H and O–H groups in total. The summed E-state index contributed by atoms with van der Waals surface area (Å²) in [6.45, 7) is 8.54. The highest BCUT2D eigenvalue weighted by atomic mass is 16.5. The number of carbonyl (C=O) groups is 3. The Morgan fingerprint density at radius 2 is 1.83 bits per heavy atom. The van der Waals surface area contributed by atoms with Gasteiger partial charge in [0.1, 0.15) is 6.04 Å². The molecule has 0 aromatic heterocycles. The molecule has 1 aliphatic heterocycles. The molecule has 3 rings (SSSR count). The van der Waals surface area contributed by atoms with Crippen molar-refractivity contribution in [2.24, 2.45) is 23.7 Å². The monoisotopic (exact) mass is 484 g/mol. The minimum absolute atomic E-state index is 0.0912. The van der Waals surface area contributed by atoms with Gasteiger partial charge in [-0.25, -0.2) is 0 Å². The first-order chi connectivity index (χ1) is 16.8. The predicted molar refractivity (Wildman–Crippen MR) is 136 cm³/mol. The summed E-state index contributed by atoms with van der Waals surface area (Å²) >= 11 is 0. The number of amides is 2. The number of aryl methyl sites for hydroxylation is 2. The normalized spacial score (nSPS) is 25.5. The van der Waals surface area contributed by atoms with Crippen LogP contribution in [0.4, 0.5) is 5.69 Å². The van der Waals surface area contributed by atoms with E-state index in [1.807, 2.05) is 51.1 Å². The Morgan fingerprint density at radius 1 is 1.09 bits per heavy atom. The summed E-state index contributed by atoms with van der Waals surface area (Å²) in [5, 5.41) is 12.1. The summed E-state index contributed by atoms with van der Waals surface area (Å²) in [5.41, 5.74) is 2.73. The topological polar surface area (TPSA) is 95.9 Å². The van der Waals surface area contributed by atoms with Gasteiger partial charge in [0, 0.05) is 24.8 Å². The van der Waals surface area contributed by atoms with Gasteiger partial charge in [-0.2, -0.15) is 0 Å². The van der Waals surface area contributed by atoms with Crippen molar-refractivity contribution in [3.8, 4) is 0 Å². The molecule has 192 valence electrons. The van der Waals surface area contributed by atoms with E-state index in [0.717, 1.165) is 48.9 Å². The number of hydrogen-bond acceptors (Lipinski definition) is 5. The number of allylic oxidation sites excluding steroid dienone is 1. The molecule has 2 aliphatic rings. The fourth-order valence-electron chi connectivity index (χ4n) is 5.51. The molecule has 7 nitrogen and oxygen atoms in total. The van der Waals surface area contributed by atoms with Gasteiger partial charge in [0.2, 0.25) is 11.8 Å². The number of nitrogens with zero attached hydrogens (tertiary/aromatic N) is 1. The molecule has 1 fully saturated rings. The molecule has 0 unspecified atom stereocenters. The third-order valence-corrected chi connectivity index (χ3v) is 7.37. The highest BCUT2D eigenvalue weighted by Gasteiger charge is 2.57. The highest BCUT2D eigenvalue weighted by Crippen LogP contribution is 2.45. The van der Waals surface area contributed by atoms with Crippen molar-refractivity contribution < 1.29 is 24.2 Å². The second-order valence-corrected chi connectivity index (χ2v) is 9.76. The smallest absolute Gasteiger partial charge is 0.310 e. The molecule has 0 spiro atoms. The van der Waals surface area contributed by atoms with E-state index in [0.29, 0.717) is 6.54 Å². The maximum absolute atomic E-state index is 13.8. The lowest BCUT2D eigenvalue weighted by molar-refractivity contribution is -0.155. The van der Waals surface area contributed by atoms with E-state index in [4.69, 9.17) is 9.84 Å². The lowest BCUT2D eigenvalue weighted by Crippen LogP contribution is -2.44. The van der Waals surface area contributed by atoms with Crippen molar-refractivity contribution in [3.63, 3.8) is 0 Å². The van der Waals surface area contributed by atoms with Gasteiger partial charge in [-0.15, -0.1) is 0 Å². The van der Waals surface area contributed by atoms with Gasteiger partial charge in [0.15, 0.2) is 0 Å². The minimum Gasteiger partial charge on any atom is -0.466 e. The minimum atomic E-state index is -0.684. The van der Waals surface area contributed by atoms with Crippen LogP contribution in [0.5, 0.6) is 0 Å². The molecule has 1 heterocycles. The molecular weight excluding hydrogens is 444 g/mol. The van der Waals surface area contributed by atoms with Crippen LogP contribution in [0.1, 0.15) is 57.1 Å². The number of carbonyl (C=O) groups excluding carboxylic acids is 3. The number of aliphatic hydroxyl groups is 1. The van der Waals surface area contributed by atoms with Crippen LogP contribution < -0.4 is 5.32 Å². The lowest BCUT2D eigenvalue weighted by atomic mass is 9.69. The van der Waals surface area contributed by atoms with E-state index in [1.54, 1.807) is 11.8 Å². The second-order valence-electron chi connectivity index (χ2n) is 9.76. The molecule has 2 amide bonds. The summed E-state index contributed by atoms with van der Waals surface area (Å²) in [5.74, 6) is -2.39. The molecule has 0 bridgehead atoms. The van der Waals surface area contributed by atoms with Gasteiger partial charge in [0.05, 0.1) is 18.4 Å². The van der Waals surface area contributed by atoms with E-state index >= 15 is 0 Å². The predicted octanol–water partition coefficient (Wildman–Crippen LogP) is 4.01. The zero-order chi connectivity index (χ0) is 25.5. The van der Waals surface area contributed by atoms with Gasteiger partial charge < -0.3 is 20.1 Å². The maximum atomic E-state index is 13.8. The standard InChI is InChI=1S/C28H40N2O5/c1-5-20-13-14-21-24(23(20)28(34)35-6-2)27(33)30(15-9-7-8-10-16-31)25(21)26(32)29-22-17-18(3)11-12-19(22)4/h11-14,17,20-21,23-25,31H,5-10,15-16H2,1-4H3,(H,29,32)/t20-,21+,23-,24+,25+/m1/s1. The molecule has 1 aromatic carbocycles. The van der Waals surface area contributed by atoms with E-state index in [2.05, 4.69) is 5.32 Å². The average Bonchev–Trinajstić information content (AvgIpc) is 3.12. The summed E-state index contributed by atoms with van der Waals surface area (Å²) in [6.07, 6.45) is 7.89. The number of rotatable bonds is 11. The van der Waals surface area contributed by atoms with Crippen molar-refractivity contribution >= 4 is 23.5 Å². The van der Waals surface area contributed by atoms with Crippen molar-refractivity contribution in [1.29, 1.82) is 0 Å². The van der Waals surface area contributed by atoms with Crippen LogP contribution >= 0.6 is 0 Å². The number of benzene rings is 1. The number of esters is 1. The van der Waals surface area contributed by atoms with Gasteiger partial charge in [-0.1, -0.05) is 44.1 Å². The summed E-state index contributed by atoms with van der Waals surface area (Å²) < 4.78 is 5.38. The number of unbranched alkanes of at least 4 members (excludes halogenated alkanes) is 3. The molecule has 5 atom stereocenters. The van der Waals surface area contributed by atoms with Crippen LogP contribution in [0.3, 0.4) is 0 Å². The average molecular weight is 485 g/mol. The third-order valence-electron chi connectivity index (χ3n) is 7.37. The van der Waals surface area contributed by atoms with Gasteiger partial charge in [-0.05, 0) is 63.1 Å². The van der Waals surface area contributed by atoms with Crippen molar-refractivity contribution in [1.82, 2.24) is 4.90 Å². The molecular formula is C28H40N2O5. The van der Waals surface area contributed by atoms with Crippen LogP contribution in [-0.2, 0) is 19.1 Å². The molecule has 35 heavy (non-hydrogen) atoms. The van der Waals surface area contributed by atoms with Crippen LogP contribution in [0.25, 0.3) is 0 Å². The number of ether oxygens (including phenoxy) is 1. The van der Waals surface area contributed by atoms with Crippen LogP contribution in [0.15, 0.2) is 30.4 Å². The van der Waals surface area contributed by atoms with Gasteiger partial charge in [-0.3, -0.25) is 14.4 Å². The Morgan fingerprint density at radius 3 is 2.51 bits per heavy atom. The van der Waals surface area contributed by atoms with E-state index < -0.39 is 17.9 Å². The molecule has 1 aromatic rings. The quantitative estimate of drug-likeness (QED) is 0.281. The summed E-state index contributed by atoms with van der Waals surface area (Å²) in [6, 6.07) is 5.22. The van der Waals surface area contributed by atoms with Crippen LogP contribution in [-0.4, -0.2) is 53.6 Å². The highest BCUT2D eigenvalue weighted by molar-refractivity contribution is 6.02. The maximum Gasteiger partial charge on any atom is 0.310 e. The van der Waals surface area contributed by atoms with Crippen molar-refractivity contribution in [2.45, 2.75) is 65.8 Å². The first-order valence-electron chi connectivity index (χ1n) is 13.0. The molecule has 0 radical (unpaired) electrons. The lowest BCUT2D eigenvalue weighted by Gasteiger charge is -2.33. The first-order valence-corrected chi connectivity index (χ1v) is 13.0. The van der Waals surface area contributed by atoms with E-state index in [1.165, 1.54) is 0 Å². The Balaban J connectivity index is 1.92. The van der Waals surface area contributed by atoms with Gasteiger partial charge >= 0.3 is 5.97 Å². The fourth-order valence-corrected chi connectivity index (χ4v) is 5.51. The number of aliphatic hydroxyl groups excluding tert-OH is 1. The Kier molecular flexibility index (Phi) is 9.49. The fraction of sp³-hybridized carbons (Fsp3) is 0.607. The number of hydrogen-bond donors (Lipinski definition) is 2.